The van der Waals surface area contributed by atoms with Crippen molar-refractivity contribution >= 4 is 5.97 Å². The molecule has 0 saturated heterocycles. The quantitative estimate of drug-likeness (QED) is 0.773. The van der Waals surface area contributed by atoms with Crippen molar-refractivity contribution in [2.45, 2.75) is 19.9 Å². The van der Waals surface area contributed by atoms with Crippen LogP contribution in [0.15, 0.2) is 35.9 Å². The van der Waals surface area contributed by atoms with E-state index >= 15 is 0 Å². The van der Waals surface area contributed by atoms with Crippen LogP contribution in [0, 0.1) is 5.82 Å². The SMILES string of the molecule is C/C(=C/CNC(C)c1ccccc1F)C(=O)O. The molecule has 0 spiro atoms. The lowest BCUT2D eigenvalue weighted by atomic mass is 10.1. The van der Waals surface area contributed by atoms with Crippen LogP contribution in [-0.4, -0.2) is 17.6 Å². The fraction of sp³-hybridized carbons (Fsp3) is 0.308. The van der Waals surface area contributed by atoms with Crippen molar-refractivity contribution in [1.82, 2.24) is 5.32 Å². The van der Waals surface area contributed by atoms with E-state index in [-0.39, 0.29) is 17.4 Å². The van der Waals surface area contributed by atoms with Crippen LogP contribution < -0.4 is 5.32 Å². The Hall–Kier alpha value is -1.68. The molecule has 1 unspecified atom stereocenters. The van der Waals surface area contributed by atoms with Gasteiger partial charge in [-0.2, -0.15) is 0 Å². The van der Waals surface area contributed by atoms with Crippen molar-refractivity contribution in [2.24, 2.45) is 0 Å². The minimum absolute atomic E-state index is 0.158. The van der Waals surface area contributed by atoms with Crippen LogP contribution in [0.25, 0.3) is 0 Å². The average Bonchev–Trinajstić information content (AvgIpc) is 2.29. The van der Waals surface area contributed by atoms with Gasteiger partial charge in [0.15, 0.2) is 0 Å². The van der Waals surface area contributed by atoms with Gasteiger partial charge in [-0.25, -0.2) is 9.18 Å². The number of aliphatic carboxylic acids is 1. The van der Waals surface area contributed by atoms with Gasteiger partial charge in [0.2, 0.25) is 0 Å². The number of hydrogen-bond acceptors (Lipinski definition) is 2. The van der Waals surface area contributed by atoms with Gasteiger partial charge in [0.25, 0.3) is 0 Å². The first-order valence-electron chi connectivity index (χ1n) is 5.40. The Bertz CT molecular complexity index is 429. The van der Waals surface area contributed by atoms with Crippen molar-refractivity contribution in [3.63, 3.8) is 0 Å². The molecule has 0 aromatic heterocycles. The van der Waals surface area contributed by atoms with E-state index < -0.39 is 5.97 Å². The highest BCUT2D eigenvalue weighted by molar-refractivity contribution is 5.85. The normalized spacial score (nSPS) is 13.5. The Kier molecular flexibility index (Phi) is 4.84. The molecule has 0 radical (unpaired) electrons. The Morgan fingerprint density at radius 1 is 1.53 bits per heavy atom. The molecule has 0 heterocycles. The number of halogens is 1. The molecule has 4 heteroatoms. The summed E-state index contributed by atoms with van der Waals surface area (Å²) >= 11 is 0. The van der Waals surface area contributed by atoms with E-state index in [2.05, 4.69) is 5.32 Å². The second kappa shape index (κ2) is 6.15. The van der Waals surface area contributed by atoms with Gasteiger partial charge in [0.05, 0.1) is 0 Å². The molecule has 0 aliphatic carbocycles. The molecule has 1 aromatic rings. The van der Waals surface area contributed by atoms with Gasteiger partial charge in [-0.15, -0.1) is 0 Å². The molecule has 0 bridgehead atoms. The van der Waals surface area contributed by atoms with Crippen LogP contribution in [0.2, 0.25) is 0 Å². The van der Waals surface area contributed by atoms with Crippen molar-refractivity contribution in [3.8, 4) is 0 Å². The largest absolute Gasteiger partial charge is 0.478 e. The van der Waals surface area contributed by atoms with Crippen LogP contribution in [0.5, 0.6) is 0 Å². The third kappa shape index (κ3) is 4.00. The summed E-state index contributed by atoms with van der Waals surface area (Å²) in [4.78, 5) is 10.5. The van der Waals surface area contributed by atoms with Crippen molar-refractivity contribution in [3.05, 3.63) is 47.3 Å². The van der Waals surface area contributed by atoms with Gasteiger partial charge in [0, 0.05) is 23.7 Å². The first kappa shape index (κ1) is 13.4. The Morgan fingerprint density at radius 2 is 2.18 bits per heavy atom. The highest BCUT2D eigenvalue weighted by Crippen LogP contribution is 2.15. The first-order chi connectivity index (χ1) is 8.02. The van der Waals surface area contributed by atoms with Crippen LogP contribution >= 0.6 is 0 Å². The molecular weight excluding hydrogens is 221 g/mol. The van der Waals surface area contributed by atoms with Gasteiger partial charge in [-0.3, -0.25) is 0 Å². The lowest BCUT2D eigenvalue weighted by Crippen LogP contribution is -2.20. The predicted molar refractivity (Wildman–Crippen MR) is 64.2 cm³/mol. The lowest BCUT2D eigenvalue weighted by Gasteiger charge is -2.13. The van der Waals surface area contributed by atoms with E-state index in [9.17, 15) is 9.18 Å². The fourth-order valence-corrected chi connectivity index (χ4v) is 1.41. The Morgan fingerprint density at radius 3 is 2.76 bits per heavy atom. The molecule has 1 rings (SSSR count). The highest BCUT2D eigenvalue weighted by Gasteiger charge is 2.08. The summed E-state index contributed by atoms with van der Waals surface area (Å²) in [5.41, 5.74) is 0.854. The van der Waals surface area contributed by atoms with E-state index in [4.69, 9.17) is 5.11 Å². The van der Waals surface area contributed by atoms with Crippen molar-refractivity contribution in [2.75, 3.05) is 6.54 Å². The number of carboxylic acids is 1. The van der Waals surface area contributed by atoms with E-state index in [1.165, 1.54) is 13.0 Å². The summed E-state index contributed by atoms with van der Waals surface area (Å²) in [5, 5.41) is 11.7. The maximum absolute atomic E-state index is 13.4. The van der Waals surface area contributed by atoms with Crippen LogP contribution in [0.3, 0.4) is 0 Å². The van der Waals surface area contributed by atoms with Gasteiger partial charge >= 0.3 is 5.97 Å². The molecular formula is C13H16FNO2. The fourth-order valence-electron chi connectivity index (χ4n) is 1.41. The molecule has 0 fully saturated rings. The van der Waals surface area contributed by atoms with E-state index in [0.717, 1.165) is 0 Å². The smallest absolute Gasteiger partial charge is 0.330 e. The molecule has 3 nitrogen and oxygen atoms in total. The molecule has 0 amide bonds. The average molecular weight is 237 g/mol. The standard InChI is InChI=1S/C13H16FNO2/c1-9(13(16)17)7-8-15-10(2)11-5-3-4-6-12(11)14/h3-7,10,15H,8H2,1-2H3,(H,16,17)/b9-7-. The predicted octanol–water partition coefficient (Wildman–Crippen LogP) is 2.51. The first-order valence-corrected chi connectivity index (χ1v) is 5.40. The zero-order valence-electron chi connectivity index (χ0n) is 9.90. The minimum Gasteiger partial charge on any atom is -0.478 e. The third-order valence-corrected chi connectivity index (χ3v) is 2.54. The summed E-state index contributed by atoms with van der Waals surface area (Å²) in [5.74, 6) is -1.20. The molecule has 17 heavy (non-hydrogen) atoms. The van der Waals surface area contributed by atoms with Gasteiger partial charge < -0.3 is 10.4 Å². The summed E-state index contributed by atoms with van der Waals surface area (Å²) in [6.45, 7) is 3.76. The number of hydrogen-bond donors (Lipinski definition) is 2. The number of rotatable bonds is 5. The molecule has 1 atom stereocenters. The van der Waals surface area contributed by atoms with Crippen LogP contribution in [0.1, 0.15) is 25.5 Å². The second-order valence-electron chi connectivity index (χ2n) is 3.84. The van der Waals surface area contributed by atoms with E-state index in [0.29, 0.717) is 12.1 Å². The number of nitrogens with one attached hydrogen (secondary N) is 1. The summed E-state index contributed by atoms with van der Waals surface area (Å²) < 4.78 is 13.4. The Balaban J connectivity index is 2.57. The van der Waals surface area contributed by atoms with Crippen molar-refractivity contribution < 1.29 is 14.3 Å². The highest BCUT2D eigenvalue weighted by atomic mass is 19.1. The number of carboxylic acid groups (broad SMARTS) is 1. The molecule has 1 aromatic carbocycles. The molecule has 92 valence electrons. The Labute approximate surface area is 100.0 Å². The van der Waals surface area contributed by atoms with Gasteiger partial charge in [0.1, 0.15) is 5.82 Å². The maximum atomic E-state index is 13.4. The topological polar surface area (TPSA) is 49.3 Å². The summed E-state index contributed by atoms with van der Waals surface area (Å²) in [6.07, 6.45) is 1.57. The number of benzene rings is 1. The zero-order chi connectivity index (χ0) is 12.8. The van der Waals surface area contributed by atoms with Gasteiger partial charge in [-0.1, -0.05) is 24.3 Å². The summed E-state index contributed by atoms with van der Waals surface area (Å²) in [6, 6.07) is 6.37. The van der Waals surface area contributed by atoms with Crippen LogP contribution in [0.4, 0.5) is 4.39 Å². The lowest BCUT2D eigenvalue weighted by molar-refractivity contribution is -0.132. The zero-order valence-corrected chi connectivity index (χ0v) is 9.90. The van der Waals surface area contributed by atoms with Crippen molar-refractivity contribution in [1.29, 1.82) is 0 Å². The minimum atomic E-state index is -0.939. The molecule has 0 aliphatic heterocycles. The van der Waals surface area contributed by atoms with Gasteiger partial charge in [-0.05, 0) is 19.9 Å². The maximum Gasteiger partial charge on any atom is 0.330 e. The monoisotopic (exact) mass is 237 g/mol. The number of carbonyl (C=O) groups is 1. The second-order valence-corrected chi connectivity index (χ2v) is 3.84. The molecule has 0 saturated carbocycles. The summed E-state index contributed by atoms with van der Waals surface area (Å²) in [7, 11) is 0. The molecule has 2 N–H and O–H groups in total. The van der Waals surface area contributed by atoms with E-state index in [1.807, 2.05) is 6.92 Å². The van der Waals surface area contributed by atoms with Crippen LogP contribution in [-0.2, 0) is 4.79 Å². The van der Waals surface area contributed by atoms with E-state index in [1.54, 1.807) is 24.3 Å². The third-order valence-electron chi connectivity index (χ3n) is 2.54. The molecule has 0 aliphatic rings.